The molecule has 0 saturated heterocycles. The summed E-state index contributed by atoms with van der Waals surface area (Å²) in [6, 6.07) is 3.65. The lowest BCUT2D eigenvalue weighted by Crippen LogP contribution is -2.07. The fourth-order valence-electron chi connectivity index (χ4n) is 0.918. The van der Waals surface area contributed by atoms with Crippen LogP contribution >= 0.6 is 0 Å². The average Bonchev–Trinajstić information content (AvgIpc) is 2.06. The molecule has 64 valence electrons. The molecule has 1 aromatic heterocycles. The second kappa shape index (κ2) is 3.97. The summed E-state index contributed by atoms with van der Waals surface area (Å²) in [4.78, 5) is 15.0. The van der Waals surface area contributed by atoms with E-state index in [9.17, 15) is 4.79 Å². The number of Topliss-reactive ketones (excluding diaryl/α,β-unsaturated/α-hetero) is 1. The van der Waals surface area contributed by atoms with Crippen molar-refractivity contribution in [1.82, 2.24) is 10.3 Å². The standard InChI is InChI=1S/C9H12N2O/c1-7(12)8-3-4-9(6-10-2)11-5-8/h3-5,10H,6H2,1-2H3. The summed E-state index contributed by atoms with van der Waals surface area (Å²) in [5.74, 6) is 0.0542. The monoisotopic (exact) mass is 164 g/mol. The zero-order chi connectivity index (χ0) is 8.97. The predicted molar refractivity (Wildman–Crippen MR) is 47.0 cm³/mol. The molecule has 3 nitrogen and oxygen atoms in total. The van der Waals surface area contributed by atoms with Gasteiger partial charge in [0.05, 0.1) is 5.69 Å². The largest absolute Gasteiger partial charge is 0.314 e. The van der Waals surface area contributed by atoms with E-state index in [1.54, 1.807) is 12.3 Å². The van der Waals surface area contributed by atoms with Gasteiger partial charge in [-0.15, -0.1) is 0 Å². The number of pyridine rings is 1. The topological polar surface area (TPSA) is 42.0 Å². The molecule has 0 fully saturated rings. The molecule has 12 heavy (non-hydrogen) atoms. The Bertz CT molecular complexity index is 266. The first-order chi connectivity index (χ1) is 5.74. The number of hydrogen-bond acceptors (Lipinski definition) is 3. The van der Waals surface area contributed by atoms with E-state index in [0.29, 0.717) is 5.56 Å². The fourth-order valence-corrected chi connectivity index (χ4v) is 0.918. The number of hydrogen-bond donors (Lipinski definition) is 1. The van der Waals surface area contributed by atoms with Crippen molar-refractivity contribution in [1.29, 1.82) is 0 Å². The van der Waals surface area contributed by atoms with Crippen LogP contribution in [0.3, 0.4) is 0 Å². The van der Waals surface area contributed by atoms with E-state index < -0.39 is 0 Å². The third kappa shape index (κ3) is 2.13. The minimum atomic E-state index is 0.0542. The maximum absolute atomic E-state index is 10.9. The molecule has 0 amide bonds. The molecule has 0 bridgehead atoms. The van der Waals surface area contributed by atoms with E-state index in [2.05, 4.69) is 10.3 Å². The molecule has 0 aliphatic rings. The molecule has 0 atom stereocenters. The highest BCUT2D eigenvalue weighted by molar-refractivity contribution is 5.93. The zero-order valence-electron chi connectivity index (χ0n) is 7.29. The minimum absolute atomic E-state index is 0.0542. The van der Waals surface area contributed by atoms with Gasteiger partial charge in [-0.2, -0.15) is 0 Å². The Morgan fingerprint density at radius 1 is 1.58 bits per heavy atom. The van der Waals surface area contributed by atoms with Gasteiger partial charge >= 0.3 is 0 Å². The van der Waals surface area contributed by atoms with Crippen LogP contribution in [0, 0.1) is 0 Å². The number of carbonyl (C=O) groups is 1. The lowest BCUT2D eigenvalue weighted by atomic mass is 10.2. The highest BCUT2D eigenvalue weighted by atomic mass is 16.1. The number of nitrogens with zero attached hydrogens (tertiary/aromatic N) is 1. The Morgan fingerprint density at radius 3 is 2.75 bits per heavy atom. The van der Waals surface area contributed by atoms with Crippen molar-refractivity contribution in [2.24, 2.45) is 0 Å². The molecule has 0 aromatic carbocycles. The number of carbonyl (C=O) groups excluding carboxylic acids is 1. The summed E-state index contributed by atoms with van der Waals surface area (Å²) in [7, 11) is 1.86. The normalized spacial score (nSPS) is 9.83. The Morgan fingerprint density at radius 2 is 2.33 bits per heavy atom. The Labute approximate surface area is 71.8 Å². The van der Waals surface area contributed by atoms with E-state index in [1.165, 1.54) is 6.92 Å². The van der Waals surface area contributed by atoms with Crippen LogP contribution in [0.1, 0.15) is 23.0 Å². The van der Waals surface area contributed by atoms with E-state index >= 15 is 0 Å². The molecule has 0 saturated carbocycles. The van der Waals surface area contributed by atoms with Crippen LogP contribution in [0.15, 0.2) is 18.3 Å². The first kappa shape index (κ1) is 8.87. The van der Waals surface area contributed by atoms with Crippen molar-refractivity contribution < 1.29 is 4.79 Å². The fraction of sp³-hybridized carbons (Fsp3) is 0.333. The van der Waals surface area contributed by atoms with Crippen LogP contribution in [0.2, 0.25) is 0 Å². The van der Waals surface area contributed by atoms with Crippen LogP contribution in [0.4, 0.5) is 0 Å². The van der Waals surface area contributed by atoms with Gasteiger partial charge in [-0.3, -0.25) is 9.78 Å². The lowest BCUT2D eigenvalue weighted by Gasteiger charge is -1.99. The highest BCUT2D eigenvalue weighted by Crippen LogP contribution is 2.00. The van der Waals surface area contributed by atoms with Crippen molar-refractivity contribution in [2.75, 3.05) is 7.05 Å². The summed E-state index contributed by atoms with van der Waals surface area (Å²) >= 11 is 0. The van der Waals surface area contributed by atoms with E-state index in [4.69, 9.17) is 0 Å². The minimum Gasteiger partial charge on any atom is -0.314 e. The number of ketones is 1. The summed E-state index contributed by atoms with van der Waals surface area (Å²) in [6.45, 7) is 2.27. The van der Waals surface area contributed by atoms with Crippen molar-refractivity contribution >= 4 is 5.78 Å². The molecular formula is C9H12N2O. The van der Waals surface area contributed by atoms with Crippen LogP contribution < -0.4 is 5.32 Å². The van der Waals surface area contributed by atoms with Gasteiger partial charge in [0.15, 0.2) is 5.78 Å². The van der Waals surface area contributed by atoms with Gasteiger partial charge in [-0.1, -0.05) is 0 Å². The summed E-state index contributed by atoms with van der Waals surface area (Å²) < 4.78 is 0. The second-order valence-electron chi connectivity index (χ2n) is 2.62. The Balaban J connectivity index is 2.78. The number of rotatable bonds is 3. The SMILES string of the molecule is CNCc1ccc(C(C)=O)cn1. The van der Waals surface area contributed by atoms with Crippen molar-refractivity contribution in [3.05, 3.63) is 29.6 Å². The molecular weight excluding hydrogens is 152 g/mol. The van der Waals surface area contributed by atoms with Crippen molar-refractivity contribution in [3.8, 4) is 0 Å². The molecule has 0 aliphatic heterocycles. The molecule has 0 unspecified atom stereocenters. The van der Waals surface area contributed by atoms with Gasteiger partial charge in [0.2, 0.25) is 0 Å². The Hall–Kier alpha value is -1.22. The van der Waals surface area contributed by atoms with Gasteiger partial charge in [0.25, 0.3) is 0 Å². The van der Waals surface area contributed by atoms with Crippen LogP contribution in [0.25, 0.3) is 0 Å². The van der Waals surface area contributed by atoms with Gasteiger partial charge in [-0.25, -0.2) is 0 Å². The second-order valence-corrected chi connectivity index (χ2v) is 2.62. The quantitative estimate of drug-likeness (QED) is 0.678. The van der Waals surface area contributed by atoms with Crippen LogP contribution in [0.5, 0.6) is 0 Å². The maximum atomic E-state index is 10.9. The zero-order valence-corrected chi connectivity index (χ0v) is 7.29. The van der Waals surface area contributed by atoms with Crippen LogP contribution in [-0.4, -0.2) is 17.8 Å². The third-order valence-corrected chi connectivity index (χ3v) is 1.59. The van der Waals surface area contributed by atoms with Gasteiger partial charge in [0, 0.05) is 18.3 Å². The molecule has 1 N–H and O–H groups in total. The number of nitrogens with one attached hydrogen (secondary N) is 1. The maximum Gasteiger partial charge on any atom is 0.161 e. The highest BCUT2D eigenvalue weighted by Gasteiger charge is 1.98. The molecule has 0 radical (unpaired) electrons. The molecule has 1 aromatic rings. The van der Waals surface area contributed by atoms with Gasteiger partial charge in [0.1, 0.15) is 0 Å². The van der Waals surface area contributed by atoms with Gasteiger partial charge in [-0.05, 0) is 26.1 Å². The summed E-state index contributed by atoms with van der Waals surface area (Å²) in [5, 5.41) is 2.99. The van der Waals surface area contributed by atoms with E-state index in [0.717, 1.165) is 12.2 Å². The third-order valence-electron chi connectivity index (χ3n) is 1.59. The smallest absolute Gasteiger partial charge is 0.161 e. The summed E-state index contributed by atoms with van der Waals surface area (Å²) in [5.41, 5.74) is 1.61. The van der Waals surface area contributed by atoms with Crippen molar-refractivity contribution in [2.45, 2.75) is 13.5 Å². The van der Waals surface area contributed by atoms with Crippen molar-refractivity contribution in [3.63, 3.8) is 0 Å². The lowest BCUT2D eigenvalue weighted by molar-refractivity contribution is 0.101. The van der Waals surface area contributed by atoms with Crippen LogP contribution in [-0.2, 0) is 6.54 Å². The van der Waals surface area contributed by atoms with E-state index in [1.807, 2.05) is 13.1 Å². The molecule has 3 heteroatoms. The Kier molecular flexibility index (Phi) is 2.94. The number of aromatic nitrogens is 1. The van der Waals surface area contributed by atoms with E-state index in [-0.39, 0.29) is 5.78 Å². The average molecular weight is 164 g/mol. The summed E-state index contributed by atoms with van der Waals surface area (Å²) in [6.07, 6.45) is 1.61. The predicted octanol–water partition coefficient (Wildman–Crippen LogP) is 1.00. The molecule has 0 spiro atoms. The first-order valence-corrected chi connectivity index (χ1v) is 3.84. The molecule has 1 heterocycles. The first-order valence-electron chi connectivity index (χ1n) is 3.84. The molecule has 1 rings (SSSR count). The molecule has 0 aliphatic carbocycles. The van der Waals surface area contributed by atoms with Gasteiger partial charge < -0.3 is 5.32 Å².